The molecular weight excluding hydrogens is 388 g/mol. The molecule has 9 heteroatoms. The summed E-state index contributed by atoms with van der Waals surface area (Å²) in [6.07, 6.45) is 0. The van der Waals surface area contributed by atoms with Gasteiger partial charge in [-0.3, -0.25) is 10.1 Å². The molecule has 0 radical (unpaired) electrons. The minimum Gasteiger partial charge on any atom is -0.497 e. The number of para-hydroxylation sites is 2. The van der Waals surface area contributed by atoms with Crippen LogP contribution in [-0.4, -0.2) is 56.3 Å². The van der Waals surface area contributed by atoms with Gasteiger partial charge in [0.1, 0.15) is 17.2 Å². The highest BCUT2D eigenvalue weighted by atomic mass is 16.6. The minimum absolute atomic E-state index is 0.0793. The molecule has 160 valence electrons. The first-order valence-corrected chi connectivity index (χ1v) is 9.70. The number of carbonyl (C=O) groups excluding carboxylic acids is 1. The predicted octanol–water partition coefficient (Wildman–Crippen LogP) is 3.20. The SMILES string of the molecule is COc1ccc(C(C)NC(=O)N2CCN(c3ccccc3[N+](=O)[O-])CC2)c(OC)c1. The van der Waals surface area contributed by atoms with E-state index in [2.05, 4.69) is 5.32 Å². The number of methoxy groups -OCH3 is 2. The number of anilines is 1. The predicted molar refractivity (Wildman–Crippen MR) is 113 cm³/mol. The number of nitrogens with one attached hydrogen (secondary N) is 1. The molecule has 0 aliphatic carbocycles. The molecular formula is C21H26N4O5. The van der Waals surface area contributed by atoms with E-state index in [1.807, 2.05) is 24.0 Å². The van der Waals surface area contributed by atoms with Gasteiger partial charge < -0.3 is 24.6 Å². The number of hydrogen-bond acceptors (Lipinski definition) is 6. The summed E-state index contributed by atoms with van der Waals surface area (Å²) in [5.74, 6) is 1.32. The van der Waals surface area contributed by atoms with Gasteiger partial charge >= 0.3 is 6.03 Å². The number of hydrogen-bond donors (Lipinski definition) is 1. The second kappa shape index (κ2) is 9.34. The number of nitro benzene ring substituents is 1. The number of ether oxygens (including phenoxy) is 2. The summed E-state index contributed by atoms with van der Waals surface area (Å²) < 4.78 is 10.6. The normalized spacial score (nSPS) is 14.8. The Balaban J connectivity index is 1.62. The first-order chi connectivity index (χ1) is 14.4. The molecule has 3 rings (SSSR count). The van der Waals surface area contributed by atoms with Gasteiger partial charge in [0.2, 0.25) is 0 Å². The van der Waals surface area contributed by atoms with E-state index < -0.39 is 0 Å². The Labute approximate surface area is 175 Å². The number of piperazine rings is 1. The van der Waals surface area contributed by atoms with Crippen LogP contribution >= 0.6 is 0 Å². The molecule has 2 aromatic rings. The molecule has 2 amide bonds. The highest BCUT2D eigenvalue weighted by molar-refractivity contribution is 5.75. The van der Waals surface area contributed by atoms with Crippen LogP contribution in [0, 0.1) is 10.1 Å². The molecule has 1 fully saturated rings. The van der Waals surface area contributed by atoms with Crippen molar-refractivity contribution in [2.45, 2.75) is 13.0 Å². The zero-order valence-corrected chi connectivity index (χ0v) is 17.3. The lowest BCUT2D eigenvalue weighted by atomic mass is 10.1. The van der Waals surface area contributed by atoms with Gasteiger partial charge in [0.25, 0.3) is 5.69 Å². The molecule has 30 heavy (non-hydrogen) atoms. The van der Waals surface area contributed by atoms with E-state index in [0.717, 1.165) is 5.56 Å². The van der Waals surface area contributed by atoms with E-state index >= 15 is 0 Å². The largest absolute Gasteiger partial charge is 0.497 e. The summed E-state index contributed by atoms with van der Waals surface area (Å²) >= 11 is 0. The van der Waals surface area contributed by atoms with E-state index in [1.165, 1.54) is 6.07 Å². The van der Waals surface area contributed by atoms with E-state index in [-0.39, 0.29) is 22.7 Å². The highest BCUT2D eigenvalue weighted by Crippen LogP contribution is 2.30. The van der Waals surface area contributed by atoms with E-state index in [4.69, 9.17) is 9.47 Å². The van der Waals surface area contributed by atoms with Gasteiger partial charge in [-0.1, -0.05) is 12.1 Å². The zero-order chi connectivity index (χ0) is 21.7. The van der Waals surface area contributed by atoms with Crippen molar-refractivity contribution in [3.05, 3.63) is 58.1 Å². The summed E-state index contributed by atoms with van der Waals surface area (Å²) in [5, 5.41) is 14.3. The van der Waals surface area contributed by atoms with Gasteiger partial charge in [0.05, 0.1) is 25.2 Å². The van der Waals surface area contributed by atoms with Gasteiger partial charge in [0, 0.05) is 43.9 Å². The molecule has 1 heterocycles. The number of rotatable bonds is 6. The van der Waals surface area contributed by atoms with Crippen molar-refractivity contribution < 1.29 is 19.2 Å². The lowest BCUT2D eigenvalue weighted by molar-refractivity contribution is -0.384. The average molecular weight is 414 g/mol. The molecule has 1 aliphatic heterocycles. The Morgan fingerprint density at radius 1 is 1.10 bits per heavy atom. The number of urea groups is 1. The van der Waals surface area contributed by atoms with Crippen molar-refractivity contribution in [2.75, 3.05) is 45.3 Å². The lowest BCUT2D eigenvalue weighted by Gasteiger charge is -2.36. The van der Waals surface area contributed by atoms with Gasteiger partial charge in [0.15, 0.2) is 0 Å². The van der Waals surface area contributed by atoms with Crippen molar-refractivity contribution in [1.29, 1.82) is 0 Å². The number of carbonyl (C=O) groups is 1. The minimum atomic E-state index is -0.377. The maximum atomic E-state index is 12.7. The molecule has 1 N–H and O–H groups in total. The quantitative estimate of drug-likeness (QED) is 0.576. The lowest BCUT2D eigenvalue weighted by Crippen LogP contribution is -2.52. The number of benzene rings is 2. The smallest absolute Gasteiger partial charge is 0.317 e. The van der Waals surface area contributed by atoms with Crippen LogP contribution in [0.3, 0.4) is 0 Å². The number of nitrogens with zero attached hydrogens (tertiary/aromatic N) is 3. The maximum absolute atomic E-state index is 12.7. The maximum Gasteiger partial charge on any atom is 0.317 e. The Morgan fingerprint density at radius 3 is 2.43 bits per heavy atom. The molecule has 0 spiro atoms. The molecule has 0 bridgehead atoms. The second-order valence-electron chi connectivity index (χ2n) is 7.00. The van der Waals surface area contributed by atoms with E-state index in [0.29, 0.717) is 43.4 Å². The topological polar surface area (TPSA) is 97.2 Å². The van der Waals surface area contributed by atoms with Crippen molar-refractivity contribution in [1.82, 2.24) is 10.2 Å². The van der Waals surface area contributed by atoms with Crippen LogP contribution < -0.4 is 19.7 Å². The molecule has 0 saturated carbocycles. The second-order valence-corrected chi connectivity index (χ2v) is 7.00. The summed E-state index contributed by atoms with van der Waals surface area (Å²) in [7, 11) is 3.16. The third kappa shape index (κ3) is 4.56. The highest BCUT2D eigenvalue weighted by Gasteiger charge is 2.26. The van der Waals surface area contributed by atoms with Crippen LogP contribution in [0.15, 0.2) is 42.5 Å². The molecule has 0 aromatic heterocycles. The number of amides is 2. The van der Waals surface area contributed by atoms with Crippen LogP contribution in [0.4, 0.5) is 16.2 Å². The third-order valence-electron chi connectivity index (χ3n) is 5.23. The van der Waals surface area contributed by atoms with E-state index in [9.17, 15) is 14.9 Å². The van der Waals surface area contributed by atoms with Crippen LogP contribution in [0.2, 0.25) is 0 Å². The zero-order valence-electron chi connectivity index (χ0n) is 17.3. The average Bonchev–Trinajstić information content (AvgIpc) is 2.78. The Hall–Kier alpha value is -3.49. The van der Waals surface area contributed by atoms with Gasteiger partial charge in [-0.15, -0.1) is 0 Å². The molecule has 9 nitrogen and oxygen atoms in total. The van der Waals surface area contributed by atoms with Gasteiger partial charge in [-0.05, 0) is 25.1 Å². The fourth-order valence-electron chi connectivity index (χ4n) is 3.57. The van der Waals surface area contributed by atoms with Crippen LogP contribution in [0.1, 0.15) is 18.5 Å². The molecule has 1 atom stereocenters. The fourth-order valence-corrected chi connectivity index (χ4v) is 3.57. The van der Waals surface area contributed by atoms with Crippen molar-refractivity contribution >= 4 is 17.4 Å². The summed E-state index contributed by atoms with van der Waals surface area (Å²) in [4.78, 5) is 27.3. The summed E-state index contributed by atoms with van der Waals surface area (Å²) in [6, 6.07) is 11.7. The summed E-state index contributed by atoms with van der Waals surface area (Å²) in [6.45, 7) is 3.90. The van der Waals surface area contributed by atoms with Crippen molar-refractivity contribution in [2.24, 2.45) is 0 Å². The fraction of sp³-hybridized carbons (Fsp3) is 0.381. The molecule has 2 aromatic carbocycles. The standard InChI is InChI=1S/C21H26N4O5/c1-15(17-9-8-16(29-2)14-20(17)30-3)22-21(26)24-12-10-23(11-13-24)18-6-4-5-7-19(18)25(27)28/h4-9,14-15H,10-13H2,1-3H3,(H,22,26). The van der Waals surface area contributed by atoms with E-state index in [1.54, 1.807) is 43.4 Å². The van der Waals surface area contributed by atoms with Crippen LogP contribution in [0.5, 0.6) is 11.5 Å². The third-order valence-corrected chi connectivity index (χ3v) is 5.23. The Bertz CT molecular complexity index is 912. The number of nitro groups is 1. The first-order valence-electron chi connectivity index (χ1n) is 9.70. The molecule has 1 saturated heterocycles. The van der Waals surface area contributed by atoms with Crippen molar-refractivity contribution in [3.8, 4) is 11.5 Å². The monoisotopic (exact) mass is 414 g/mol. The van der Waals surface area contributed by atoms with Crippen LogP contribution in [-0.2, 0) is 0 Å². The summed E-state index contributed by atoms with van der Waals surface area (Å²) in [5.41, 5.74) is 1.51. The Morgan fingerprint density at radius 2 is 1.80 bits per heavy atom. The molecule has 1 aliphatic rings. The van der Waals surface area contributed by atoms with Crippen LogP contribution in [0.25, 0.3) is 0 Å². The van der Waals surface area contributed by atoms with Crippen molar-refractivity contribution in [3.63, 3.8) is 0 Å². The molecule has 1 unspecified atom stereocenters. The van der Waals surface area contributed by atoms with Gasteiger partial charge in [-0.2, -0.15) is 0 Å². The Kier molecular flexibility index (Phi) is 6.61. The first kappa shape index (κ1) is 21.2. The van der Waals surface area contributed by atoms with Gasteiger partial charge in [-0.25, -0.2) is 4.79 Å².